The van der Waals surface area contributed by atoms with Crippen molar-refractivity contribution in [3.05, 3.63) is 35.4 Å². The van der Waals surface area contributed by atoms with Crippen LogP contribution in [0.15, 0.2) is 24.3 Å². The van der Waals surface area contributed by atoms with E-state index >= 15 is 0 Å². The number of aliphatic hydroxyl groups is 2. The molecule has 1 aromatic carbocycles. The van der Waals surface area contributed by atoms with Crippen molar-refractivity contribution in [3.8, 4) is 0 Å². The Hall–Kier alpha value is -1.39. The zero-order valence-corrected chi connectivity index (χ0v) is 11.5. The summed E-state index contributed by atoms with van der Waals surface area (Å²) in [5, 5.41) is 23.3. The summed E-state index contributed by atoms with van der Waals surface area (Å²) in [6.45, 7) is 0.228. The van der Waals surface area contributed by atoms with E-state index in [1.54, 1.807) is 0 Å². The average Bonchev–Trinajstić information content (AvgIpc) is 3.02. The maximum Gasteiger partial charge on any atom is 0.225 e. The zero-order chi connectivity index (χ0) is 14.2. The highest BCUT2D eigenvalue weighted by Crippen LogP contribution is 2.36. The summed E-state index contributed by atoms with van der Waals surface area (Å²) in [6, 6.07) is 7.84. The molecule has 3 atom stereocenters. The lowest BCUT2D eigenvalue weighted by atomic mass is 9.95. The van der Waals surface area contributed by atoms with E-state index in [0.717, 1.165) is 30.4 Å². The van der Waals surface area contributed by atoms with Gasteiger partial charge in [-0.25, -0.2) is 0 Å². The van der Waals surface area contributed by atoms with Gasteiger partial charge >= 0.3 is 0 Å². The van der Waals surface area contributed by atoms with Crippen LogP contribution in [0.2, 0.25) is 0 Å². The number of nitrogens with one attached hydrogen (secondary N) is 1. The minimum atomic E-state index is -0.962. The fourth-order valence-electron chi connectivity index (χ4n) is 3.46. The summed E-state index contributed by atoms with van der Waals surface area (Å²) in [6.07, 6.45) is 3.29. The Kier molecular flexibility index (Phi) is 3.52. The third kappa shape index (κ3) is 2.34. The molecule has 0 saturated heterocycles. The minimum Gasteiger partial charge on any atom is -0.392 e. The molecule has 20 heavy (non-hydrogen) atoms. The Morgan fingerprint density at radius 1 is 1.35 bits per heavy atom. The first kappa shape index (κ1) is 13.6. The first-order chi connectivity index (χ1) is 9.60. The molecule has 2 aliphatic carbocycles. The Balaban J connectivity index is 1.65. The number of hydrogen-bond acceptors (Lipinski definition) is 3. The molecule has 0 heterocycles. The predicted molar refractivity (Wildman–Crippen MR) is 75.0 cm³/mol. The molecule has 0 aromatic heterocycles. The Labute approximate surface area is 118 Å². The third-order valence-electron chi connectivity index (χ3n) is 4.70. The Morgan fingerprint density at radius 2 is 2.15 bits per heavy atom. The number of fused-ring (bicyclic) bond motifs is 1. The first-order valence-electron chi connectivity index (χ1n) is 7.37. The number of carbonyl (C=O) groups is 1. The number of benzene rings is 1. The molecule has 1 aromatic rings. The lowest BCUT2D eigenvalue weighted by molar-refractivity contribution is -0.128. The van der Waals surface area contributed by atoms with Crippen LogP contribution in [0.5, 0.6) is 0 Å². The van der Waals surface area contributed by atoms with Gasteiger partial charge in [0, 0.05) is 0 Å². The molecule has 0 spiro atoms. The van der Waals surface area contributed by atoms with Crippen molar-refractivity contribution in [2.45, 2.75) is 43.8 Å². The molecule has 0 aliphatic heterocycles. The fourth-order valence-corrected chi connectivity index (χ4v) is 3.46. The van der Waals surface area contributed by atoms with Crippen LogP contribution in [-0.4, -0.2) is 28.8 Å². The average molecular weight is 275 g/mol. The molecule has 2 aliphatic rings. The highest BCUT2D eigenvalue weighted by atomic mass is 16.3. The van der Waals surface area contributed by atoms with Gasteiger partial charge < -0.3 is 15.5 Å². The fraction of sp³-hybridized carbons (Fsp3) is 0.562. The zero-order valence-electron chi connectivity index (χ0n) is 11.5. The van der Waals surface area contributed by atoms with E-state index < -0.39 is 11.7 Å². The number of aryl methyl sites for hydroxylation is 1. The molecule has 1 fully saturated rings. The highest BCUT2D eigenvalue weighted by Gasteiger charge is 2.38. The van der Waals surface area contributed by atoms with Crippen LogP contribution in [0, 0.1) is 5.92 Å². The Bertz CT molecular complexity index is 516. The van der Waals surface area contributed by atoms with E-state index in [1.165, 1.54) is 0 Å². The van der Waals surface area contributed by atoms with Crippen molar-refractivity contribution < 1.29 is 15.0 Å². The van der Waals surface area contributed by atoms with Gasteiger partial charge in [0.25, 0.3) is 0 Å². The van der Waals surface area contributed by atoms with Crippen LogP contribution in [-0.2, 0) is 16.8 Å². The van der Waals surface area contributed by atoms with Crippen molar-refractivity contribution in [1.29, 1.82) is 0 Å². The number of amides is 1. The van der Waals surface area contributed by atoms with Gasteiger partial charge in [0.05, 0.1) is 18.6 Å². The van der Waals surface area contributed by atoms with Crippen LogP contribution in [0.1, 0.15) is 36.8 Å². The number of aliphatic hydroxyl groups excluding tert-OH is 1. The van der Waals surface area contributed by atoms with E-state index in [1.807, 2.05) is 24.3 Å². The number of rotatable bonds is 3. The largest absolute Gasteiger partial charge is 0.392 e. The molecule has 0 radical (unpaired) electrons. The van der Waals surface area contributed by atoms with E-state index in [2.05, 4.69) is 5.32 Å². The number of hydrogen-bond donors (Lipinski definition) is 3. The van der Waals surface area contributed by atoms with Crippen molar-refractivity contribution in [2.24, 2.45) is 5.92 Å². The standard InChI is InChI=1S/C16H21NO3/c18-14-7-3-5-12(14)15(19)17-10-16(20)9-8-11-4-1-2-6-13(11)16/h1-2,4,6,12,14,18,20H,3,5,7-10H2,(H,17,19). The molecular formula is C16H21NO3. The summed E-state index contributed by atoms with van der Waals surface area (Å²) >= 11 is 0. The molecule has 1 saturated carbocycles. The first-order valence-corrected chi connectivity index (χ1v) is 7.37. The summed E-state index contributed by atoms with van der Waals surface area (Å²) in [4.78, 5) is 12.1. The van der Waals surface area contributed by atoms with Gasteiger partial charge in [-0.3, -0.25) is 4.79 Å². The van der Waals surface area contributed by atoms with Crippen LogP contribution in [0.4, 0.5) is 0 Å². The van der Waals surface area contributed by atoms with Gasteiger partial charge in [0.1, 0.15) is 5.60 Å². The van der Waals surface area contributed by atoms with Gasteiger partial charge in [-0.15, -0.1) is 0 Å². The van der Waals surface area contributed by atoms with E-state index in [4.69, 9.17) is 0 Å². The van der Waals surface area contributed by atoms with Gasteiger partial charge in [-0.1, -0.05) is 24.3 Å². The summed E-state index contributed by atoms with van der Waals surface area (Å²) in [5.74, 6) is -0.442. The van der Waals surface area contributed by atoms with Crippen LogP contribution >= 0.6 is 0 Å². The smallest absolute Gasteiger partial charge is 0.225 e. The molecule has 108 valence electrons. The van der Waals surface area contributed by atoms with Crippen LogP contribution < -0.4 is 5.32 Å². The molecule has 1 amide bonds. The number of carbonyl (C=O) groups excluding carboxylic acids is 1. The van der Waals surface area contributed by atoms with Crippen molar-refractivity contribution in [1.82, 2.24) is 5.32 Å². The van der Waals surface area contributed by atoms with E-state index in [0.29, 0.717) is 12.8 Å². The van der Waals surface area contributed by atoms with Crippen molar-refractivity contribution in [3.63, 3.8) is 0 Å². The monoisotopic (exact) mass is 275 g/mol. The normalized spacial score (nSPS) is 32.1. The molecule has 4 nitrogen and oxygen atoms in total. The van der Waals surface area contributed by atoms with Gasteiger partial charge in [-0.2, -0.15) is 0 Å². The maximum absolute atomic E-state index is 12.1. The topological polar surface area (TPSA) is 69.6 Å². The Morgan fingerprint density at radius 3 is 2.90 bits per heavy atom. The van der Waals surface area contributed by atoms with Crippen molar-refractivity contribution in [2.75, 3.05) is 6.54 Å². The maximum atomic E-state index is 12.1. The second kappa shape index (κ2) is 5.19. The molecule has 3 unspecified atom stereocenters. The molecule has 3 rings (SSSR count). The highest BCUT2D eigenvalue weighted by molar-refractivity contribution is 5.79. The molecular weight excluding hydrogens is 254 g/mol. The van der Waals surface area contributed by atoms with Crippen molar-refractivity contribution >= 4 is 5.91 Å². The van der Waals surface area contributed by atoms with Gasteiger partial charge in [0.15, 0.2) is 0 Å². The molecule has 0 bridgehead atoms. The van der Waals surface area contributed by atoms with Crippen LogP contribution in [0.25, 0.3) is 0 Å². The second-order valence-electron chi connectivity index (χ2n) is 6.01. The van der Waals surface area contributed by atoms with E-state index in [9.17, 15) is 15.0 Å². The predicted octanol–water partition coefficient (Wildman–Crippen LogP) is 1.10. The third-order valence-corrected chi connectivity index (χ3v) is 4.70. The quantitative estimate of drug-likeness (QED) is 0.773. The van der Waals surface area contributed by atoms with E-state index in [-0.39, 0.29) is 18.4 Å². The summed E-state index contributed by atoms with van der Waals surface area (Å²) < 4.78 is 0. The van der Waals surface area contributed by atoms with Gasteiger partial charge in [-0.05, 0) is 43.2 Å². The SMILES string of the molecule is O=C(NCC1(O)CCc2ccccc21)C1CCCC1O. The molecule has 4 heteroatoms. The lowest BCUT2D eigenvalue weighted by Crippen LogP contribution is -2.43. The lowest BCUT2D eigenvalue weighted by Gasteiger charge is -2.25. The second-order valence-corrected chi connectivity index (χ2v) is 6.01. The summed E-state index contributed by atoms with van der Waals surface area (Å²) in [7, 11) is 0. The molecule has 3 N–H and O–H groups in total. The van der Waals surface area contributed by atoms with Crippen LogP contribution in [0.3, 0.4) is 0 Å². The van der Waals surface area contributed by atoms with Gasteiger partial charge in [0.2, 0.25) is 5.91 Å². The summed E-state index contributed by atoms with van der Waals surface area (Å²) in [5.41, 5.74) is 1.12. The minimum absolute atomic E-state index is 0.132.